The zero-order valence-corrected chi connectivity index (χ0v) is 15.3. The van der Waals surface area contributed by atoms with Crippen molar-refractivity contribution in [2.45, 2.75) is 25.5 Å². The lowest BCUT2D eigenvalue weighted by Gasteiger charge is -2.44. The standard InChI is InChI=1S/C18H20N2O5S/c1-4-5-25-18(24)15-11(10-6-13(26-8-10)16(22)19-3)7-12-14(9(2)21)17(23)20(12)15/h4,6,8-9,12,14,21H,1,5,7H2,2-3H3,(H,19,22)/t9-,12-,14-/m1/s1. The molecular weight excluding hydrogens is 356 g/mol. The summed E-state index contributed by atoms with van der Waals surface area (Å²) in [6, 6.07) is 1.43. The number of nitrogens with one attached hydrogen (secondary N) is 1. The molecule has 2 N–H and O–H groups in total. The Balaban J connectivity index is 1.98. The van der Waals surface area contributed by atoms with E-state index in [1.807, 2.05) is 0 Å². The Morgan fingerprint density at radius 2 is 2.31 bits per heavy atom. The van der Waals surface area contributed by atoms with Crippen LogP contribution in [0.2, 0.25) is 0 Å². The van der Waals surface area contributed by atoms with Crippen LogP contribution < -0.4 is 5.32 Å². The molecule has 138 valence electrons. The molecular formula is C18H20N2O5S. The van der Waals surface area contributed by atoms with E-state index in [1.54, 1.807) is 25.4 Å². The Kier molecular flexibility index (Phi) is 4.97. The van der Waals surface area contributed by atoms with Crippen LogP contribution in [0.25, 0.3) is 5.57 Å². The quantitative estimate of drug-likeness (QED) is 0.441. The molecule has 3 heterocycles. The number of fused-ring (bicyclic) bond motifs is 1. The average molecular weight is 376 g/mol. The maximum atomic E-state index is 12.5. The SMILES string of the molecule is C=CCOC(=O)C1=C(c2csc(C(=O)NC)c2)C[C@@H]2[C@@H]([C@@H](C)O)C(=O)N12. The summed E-state index contributed by atoms with van der Waals surface area (Å²) in [5, 5.41) is 14.2. The second-order valence-corrected chi connectivity index (χ2v) is 7.15. The molecule has 0 aliphatic carbocycles. The summed E-state index contributed by atoms with van der Waals surface area (Å²) in [5.41, 5.74) is 1.57. The predicted octanol–water partition coefficient (Wildman–Crippen LogP) is 1.16. The fourth-order valence-electron chi connectivity index (χ4n) is 3.46. The Bertz CT molecular complexity index is 810. The maximum Gasteiger partial charge on any atom is 0.355 e. The number of hydrogen-bond acceptors (Lipinski definition) is 6. The van der Waals surface area contributed by atoms with Crippen LogP contribution in [0.3, 0.4) is 0 Å². The lowest BCUT2D eigenvalue weighted by atomic mass is 9.82. The molecule has 0 radical (unpaired) electrons. The van der Waals surface area contributed by atoms with Crippen molar-refractivity contribution in [2.75, 3.05) is 13.7 Å². The number of ether oxygens (including phenoxy) is 1. The van der Waals surface area contributed by atoms with Crippen molar-refractivity contribution in [2.24, 2.45) is 5.92 Å². The van der Waals surface area contributed by atoms with Gasteiger partial charge in [0.1, 0.15) is 12.3 Å². The molecule has 0 saturated carbocycles. The van der Waals surface area contributed by atoms with Crippen LogP contribution in [0.4, 0.5) is 0 Å². The summed E-state index contributed by atoms with van der Waals surface area (Å²) in [6.45, 7) is 5.13. The molecule has 1 saturated heterocycles. The molecule has 0 spiro atoms. The van der Waals surface area contributed by atoms with E-state index in [2.05, 4.69) is 11.9 Å². The van der Waals surface area contributed by atoms with Gasteiger partial charge < -0.3 is 20.1 Å². The number of rotatable bonds is 6. The number of thiophene rings is 1. The van der Waals surface area contributed by atoms with E-state index >= 15 is 0 Å². The van der Waals surface area contributed by atoms with E-state index in [0.717, 1.165) is 0 Å². The first-order valence-electron chi connectivity index (χ1n) is 8.24. The third-order valence-electron chi connectivity index (χ3n) is 4.65. The van der Waals surface area contributed by atoms with Gasteiger partial charge in [0.2, 0.25) is 5.91 Å². The fraction of sp³-hybridized carbons (Fsp3) is 0.389. The van der Waals surface area contributed by atoms with Crippen molar-refractivity contribution in [3.8, 4) is 0 Å². The van der Waals surface area contributed by atoms with Crippen molar-refractivity contribution >= 4 is 34.7 Å². The van der Waals surface area contributed by atoms with Crippen LogP contribution in [0.15, 0.2) is 29.8 Å². The number of carbonyl (C=O) groups excluding carboxylic acids is 3. The highest BCUT2D eigenvalue weighted by atomic mass is 32.1. The van der Waals surface area contributed by atoms with Gasteiger partial charge in [-0.1, -0.05) is 12.7 Å². The minimum atomic E-state index is -0.794. The van der Waals surface area contributed by atoms with Gasteiger partial charge in [-0.05, 0) is 35.9 Å². The molecule has 3 atom stereocenters. The molecule has 2 amide bonds. The number of β-lactam (4-membered cyclic amide) rings is 1. The Morgan fingerprint density at radius 3 is 2.92 bits per heavy atom. The van der Waals surface area contributed by atoms with Gasteiger partial charge in [-0.25, -0.2) is 4.79 Å². The number of hydrogen-bond donors (Lipinski definition) is 2. The highest BCUT2D eigenvalue weighted by molar-refractivity contribution is 7.12. The van der Waals surface area contributed by atoms with E-state index in [1.165, 1.54) is 22.3 Å². The zero-order chi connectivity index (χ0) is 19.0. The second kappa shape index (κ2) is 7.05. The van der Waals surface area contributed by atoms with E-state index in [9.17, 15) is 19.5 Å². The van der Waals surface area contributed by atoms with Crippen molar-refractivity contribution in [3.05, 3.63) is 40.2 Å². The van der Waals surface area contributed by atoms with E-state index < -0.39 is 18.0 Å². The van der Waals surface area contributed by atoms with Crippen LogP contribution >= 0.6 is 11.3 Å². The molecule has 26 heavy (non-hydrogen) atoms. The molecule has 8 heteroatoms. The highest BCUT2D eigenvalue weighted by Crippen LogP contribution is 2.47. The van der Waals surface area contributed by atoms with E-state index in [4.69, 9.17) is 4.74 Å². The first-order valence-corrected chi connectivity index (χ1v) is 9.12. The molecule has 2 aliphatic heterocycles. The number of nitrogens with zero attached hydrogens (tertiary/aromatic N) is 1. The van der Waals surface area contributed by atoms with Crippen LogP contribution in [0, 0.1) is 5.92 Å². The lowest BCUT2D eigenvalue weighted by molar-refractivity contribution is -0.162. The average Bonchev–Trinajstić information content (AvgIpc) is 3.21. The summed E-state index contributed by atoms with van der Waals surface area (Å²) >= 11 is 1.26. The maximum absolute atomic E-state index is 12.5. The van der Waals surface area contributed by atoms with Gasteiger partial charge >= 0.3 is 5.97 Å². The van der Waals surface area contributed by atoms with Crippen LogP contribution in [0.1, 0.15) is 28.6 Å². The summed E-state index contributed by atoms with van der Waals surface area (Å²) in [6.07, 6.45) is 1.09. The van der Waals surface area contributed by atoms with Crippen LogP contribution in [0.5, 0.6) is 0 Å². The summed E-state index contributed by atoms with van der Waals surface area (Å²) < 4.78 is 5.15. The van der Waals surface area contributed by atoms with Gasteiger partial charge in [-0.15, -0.1) is 11.3 Å². The second-order valence-electron chi connectivity index (χ2n) is 6.24. The lowest BCUT2D eigenvalue weighted by Crippen LogP contribution is -2.61. The third kappa shape index (κ3) is 2.85. The summed E-state index contributed by atoms with van der Waals surface area (Å²) in [4.78, 5) is 38.7. The first-order chi connectivity index (χ1) is 12.4. The van der Waals surface area contributed by atoms with Gasteiger partial charge in [0.05, 0.1) is 22.9 Å². The number of esters is 1. The molecule has 0 bridgehead atoms. The van der Waals surface area contributed by atoms with Crippen molar-refractivity contribution in [1.29, 1.82) is 0 Å². The van der Waals surface area contributed by atoms with Gasteiger partial charge in [0.15, 0.2) is 0 Å². The molecule has 0 unspecified atom stereocenters. The number of aliphatic hydroxyl groups excluding tert-OH is 1. The smallest absolute Gasteiger partial charge is 0.355 e. The minimum absolute atomic E-state index is 0.0370. The van der Waals surface area contributed by atoms with Crippen molar-refractivity contribution in [3.63, 3.8) is 0 Å². The van der Waals surface area contributed by atoms with Crippen molar-refractivity contribution in [1.82, 2.24) is 10.2 Å². The molecule has 1 aromatic heterocycles. The van der Waals surface area contributed by atoms with Gasteiger partial charge in [0.25, 0.3) is 5.91 Å². The van der Waals surface area contributed by atoms with Gasteiger partial charge in [-0.3, -0.25) is 9.59 Å². The summed E-state index contributed by atoms with van der Waals surface area (Å²) in [7, 11) is 1.55. The summed E-state index contributed by atoms with van der Waals surface area (Å²) in [5.74, 6) is -1.64. The molecule has 1 aromatic rings. The number of aliphatic hydroxyl groups is 1. The van der Waals surface area contributed by atoms with Gasteiger partial charge in [-0.2, -0.15) is 0 Å². The highest BCUT2D eigenvalue weighted by Gasteiger charge is 2.57. The normalized spacial score (nSPS) is 22.6. The van der Waals surface area contributed by atoms with Crippen LogP contribution in [-0.4, -0.2) is 53.6 Å². The Labute approximate surface area is 154 Å². The topological polar surface area (TPSA) is 95.9 Å². The first kappa shape index (κ1) is 18.3. The number of carbonyl (C=O) groups is 3. The van der Waals surface area contributed by atoms with E-state index in [-0.39, 0.29) is 30.2 Å². The molecule has 2 aliphatic rings. The van der Waals surface area contributed by atoms with Crippen molar-refractivity contribution < 1.29 is 24.2 Å². The minimum Gasteiger partial charge on any atom is -0.457 e. The zero-order valence-electron chi connectivity index (χ0n) is 14.5. The van der Waals surface area contributed by atoms with E-state index in [0.29, 0.717) is 22.4 Å². The largest absolute Gasteiger partial charge is 0.457 e. The van der Waals surface area contributed by atoms with Crippen LogP contribution in [-0.2, 0) is 14.3 Å². The molecule has 7 nitrogen and oxygen atoms in total. The monoisotopic (exact) mass is 376 g/mol. The number of amides is 2. The van der Waals surface area contributed by atoms with Gasteiger partial charge in [0, 0.05) is 7.05 Å². The molecule has 3 rings (SSSR count). The predicted molar refractivity (Wildman–Crippen MR) is 96.2 cm³/mol. The molecule has 1 fully saturated rings. The fourth-order valence-corrected chi connectivity index (χ4v) is 4.32. The Morgan fingerprint density at radius 1 is 1.58 bits per heavy atom. The third-order valence-corrected chi connectivity index (χ3v) is 5.58. The molecule has 0 aromatic carbocycles. The Hall–Kier alpha value is -2.45.